The molecule has 8 heteroatoms. The first-order valence-electron chi connectivity index (χ1n) is 8.15. The monoisotopic (exact) mass is 341 g/mol. The Labute approximate surface area is 146 Å². The molecule has 132 valence electrons. The molecule has 0 saturated heterocycles. The van der Waals surface area contributed by atoms with E-state index in [0.29, 0.717) is 19.1 Å². The summed E-state index contributed by atoms with van der Waals surface area (Å²) < 4.78 is 9.04. The van der Waals surface area contributed by atoms with Gasteiger partial charge in [-0.1, -0.05) is 0 Å². The van der Waals surface area contributed by atoms with Crippen LogP contribution in [0, 0.1) is 13.8 Å². The van der Waals surface area contributed by atoms with Crippen LogP contribution in [0.15, 0.2) is 24.8 Å². The summed E-state index contributed by atoms with van der Waals surface area (Å²) in [5.41, 5.74) is 5.02. The van der Waals surface area contributed by atoms with E-state index >= 15 is 0 Å². The van der Waals surface area contributed by atoms with Crippen LogP contribution in [-0.2, 0) is 24.9 Å². The maximum Gasteiger partial charge on any atom is 0.223 e. The Bertz CT molecular complexity index is 853. The van der Waals surface area contributed by atoms with Crippen molar-refractivity contribution in [2.24, 2.45) is 7.05 Å². The van der Waals surface area contributed by atoms with Crippen LogP contribution in [0.2, 0.25) is 0 Å². The van der Waals surface area contributed by atoms with Gasteiger partial charge < -0.3 is 14.6 Å². The van der Waals surface area contributed by atoms with Crippen LogP contribution in [0.5, 0.6) is 0 Å². The predicted molar refractivity (Wildman–Crippen MR) is 95.1 cm³/mol. The fourth-order valence-electron chi connectivity index (χ4n) is 2.78. The van der Waals surface area contributed by atoms with E-state index in [1.807, 2.05) is 37.8 Å². The van der Waals surface area contributed by atoms with Gasteiger partial charge in [0.05, 0.1) is 36.6 Å². The van der Waals surface area contributed by atoms with E-state index in [1.54, 1.807) is 19.6 Å². The van der Waals surface area contributed by atoms with Crippen molar-refractivity contribution in [3.63, 3.8) is 0 Å². The molecule has 0 aliphatic carbocycles. The van der Waals surface area contributed by atoms with Crippen molar-refractivity contribution in [1.29, 1.82) is 0 Å². The van der Waals surface area contributed by atoms with Gasteiger partial charge in [0.1, 0.15) is 0 Å². The highest BCUT2D eigenvalue weighted by atomic mass is 16.5. The first kappa shape index (κ1) is 17.1. The summed E-state index contributed by atoms with van der Waals surface area (Å²) in [5.74, 6) is 0.583. The van der Waals surface area contributed by atoms with Crippen molar-refractivity contribution in [3.8, 4) is 11.3 Å². The van der Waals surface area contributed by atoms with Crippen molar-refractivity contribution in [2.45, 2.75) is 26.9 Å². The van der Waals surface area contributed by atoms with Crippen LogP contribution < -0.4 is 5.32 Å². The maximum absolute atomic E-state index is 5.12. The molecule has 0 bridgehead atoms. The van der Waals surface area contributed by atoms with Crippen LogP contribution in [-0.4, -0.2) is 43.0 Å². The lowest BCUT2D eigenvalue weighted by Crippen LogP contribution is -2.11. The van der Waals surface area contributed by atoms with Gasteiger partial charge in [-0.25, -0.2) is 15.0 Å². The number of hydrogen-bond donors (Lipinski definition) is 1. The maximum atomic E-state index is 5.12. The Balaban J connectivity index is 1.76. The van der Waals surface area contributed by atoms with Gasteiger partial charge in [0.15, 0.2) is 0 Å². The minimum absolute atomic E-state index is 0.583. The summed E-state index contributed by atoms with van der Waals surface area (Å²) in [6.07, 6.45) is 5.40. The van der Waals surface area contributed by atoms with E-state index < -0.39 is 0 Å². The highest BCUT2D eigenvalue weighted by Gasteiger charge is 2.13. The molecule has 0 radical (unpaired) electrons. The molecule has 0 aliphatic rings. The molecule has 0 aromatic carbocycles. The third-order valence-corrected chi connectivity index (χ3v) is 4.18. The van der Waals surface area contributed by atoms with Crippen molar-refractivity contribution in [3.05, 3.63) is 41.9 Å². The average molecular weight is 341 g/mol. The molecule has 0 atom stereocenters. The van der Waals surface area contributed by atoms with Crippen molar-refractivity contribution in [2.75, 3.05) is 19.0 Å². The van der Waals surface area contributed by atoms with Crippen molar-refractivity contribution >= 4 is 5.95 Å². The first-order valence-corrected chi connectivity index (χ1v) is 8.15. The van der Waals surface area contributed by atoms with E-state index in [-0.39, 0.29) is 0 Å². The standard InChI is InChI=1S/C17H23N7O/c1-12-16(13(2)23(3)22-12)15-5-6-19-17(21-15)20-10-14-9-18-11-24(14)7-8-25-4/h5-6,9,11H,7-8,10H2,1-4H3,(H,19,20,21). The number of nitrogens with zero attached hydrogens (tertiary/aromatic N) is 6. The van der Waals surface area contributed by atoms with E-state index in [2.05, 4.69) is 29.9 Å². The second kappa shape index (κ2) is 7.43. The summed E-state index contributed by atoms with van der Waals surface area (Å²) in [5, 5.41) is 7.72. The molecule has 3 rings (SSSR count). The number of anilines is 1. The van der Waals surface area contributed by atoms with Crippen LogP contribution >= 0.6 is 0 Å². The summed E-state index contributed by atoms with van der Waals surface area (Å²) >= 11 is 0. The molecule has 25 heavy (non-hydrogen) atoms. The fraction of sp³-hybridized carbons (Fsp3) is 0.412. The smallest absolute Gasteiger partial charge is 0.223 e. The largest absolute Gasteiger partial charge is 0.383 e. The van der Waals surface area contributed by atoms with Gasteiger partial charge in [-0.05, 0) is 19.9 Å². The van der Waals surface area contributed by atoms with Crippen LogP contribution in [0.1, 0.15) is 17.1 Å². The number of nitrogens with one attached hydrogen (secondary N) is 1. The van der Waals surface area contributed by atoms with Gasteiger partial charge in [0.2, 0.25) is 5.95 Å². The Morgan fingerprint density at radius 3 is 2.84 bits per heavy atom. The topological polar surface area (TPSA) is 82.7 Å². The molecule has 3 aromatic rings. The minimum atomic E-state index is 0.583. The molecule has 3 heterocycles. The second-order valence-corrected chi connectivity index (χ2v) is 5.86. The zero-order valence-electron chi connectivity index (χ0n) is 15.0. The number of aromatic nitrogens is 6. The molecule has 0 fully saturated rings. The van der Waals surface area contributed by atoms with Crippen LogP contribution in [0.3, 0.4) is 0 Å². The number of ether oxygens (including phenoxy) is 1. The van der Waals surface area contributed by atoms with Gasteiger partial charge in [-0.2, -0.15) is 5.10 Å². The van der Waals surface area contributed by atoms with Crippen LogP contribution in [0.4, 0.5) is 5.95 Å². The Morgan fingerprint density at radius 1 is 1.28 bits per heavy atom. The van der Waals surface area contributed by atoms with Crippen LogP contribution in [0.25, 0.3) is 11.3 Å². The molecule has 0 aliphatic heterocycles. The molecule has 0 unspecified atom stereocenters. The lowest BCUT2D eigenvalue weighted by molar-refractivity contribution is 0.186. The highest BCUT2D eigenvalue weighted by Crippen LogP contribution is 2.25. The molecule has 0 saturated carbocycles. The summed E-state index contributed by atoms with van der Waals surface area (Å²) in [4.78, 5) is 13.2. The first-order chi connectivity index (χ1) is 12.1. The van der Waals surface area contributed by atoms with Gasteiger partial charge >= 0.3 is 0 Å². The molecule has 0 spiro atoms. The fourth-order valence-corrected chi connectivity index (χ4v) is 2.78. The molecule has 8 nitrogen and oxygen atoms in total. The van der Waals surface area contributed by atoms with Gasteiger partial charge in [-0.3, -0.25) is 4.68 Å². The molecular weight excluding hydrogens is 318 g/mol. The summed E-state index contributed by atoms with van der Waals surface area (Å²) in [6.45, 7) is 6.04. The summed E-state index contributed by atoms with van der Waals surface area (Å²) in [6, 6.07) is 1.91. The highest BCUT2D eigenvalue weighted by molar-refractivity contribution is 5.65. The van der Waals surface area contributed by atoms with Gasteiger partial charge in [-0.15, -0.1) is 0 Å². The lowest BCUT2D eigenvalue weighted by atomic mass is 10.1. The number of methoxy groups -OCH3 is 1. The minimum Gasteiger partial charge on any atom is -0.383 e. The van der Waals surface area contributed by atoms with E-state index in [4.69, 9.17) is 4.74 Å². The molecule has 1 N–H and O–H groups in total. The predicted octanol–water partition coefficient (Wildman–Crippen LogP) is 1.95. The lowest BCUT2D eigenvalue weighted by Gasteiger charge is -2.09. The zero-order valence-corrected chi connectivity index (χ0v) is 15.0. The Morgan fingerprint density at radius 2 is 2.12 bits per heavy atom. The number of aryl methyl sites for hydroxylation is 2. The Hall–Kier alpha value is -2.74. The van der Waals surface area contributed by atoms with E-state index in [1.165, 1.54) is 0 Å². The van der Waals surface area contributed by atoms with E-state index in [9.17, 15) is 0 Å². The number of hydrogen-bond acceptors (Lipinski definition) is 6. The summed E-state index contributed by atoms with van der Waals surface area (Å²) in [7, 11) is 3.63. The van der Waals surface area contributed by atoms with E-state index in [0.717, 1.165) is 34.9 Å². The number of rotatable bonds is 7. The zero-order chi connectivity index (χ0) is 17.8. The normalized spacial score (nSPS) is 11.0. The quantitative estimate of drug-likeness (QED) is 0.707. The van der Waals surface area contributed by atoms with Gasteiger partial charge in [0, 0.05) is 44.4 Å². The SMILES string of the molecule is COCCn1cncc1CNc1nccc(-c2c(C)nn(C)c2C)n1. The molecular formula is C17H23N7O. The Kier molecular flexibility index (Phi) is 5.08. The third kappa shape index (κ3) is 3.69. The number of imidazole rings is 1. The van der Waals surface area contributed by atoms with Crippen molar-refractivity contribution < 1.29 is 4.74 Å². The van der Waals surface area contributed by atoms with Crippen molar-refractivity contribution in [1.82, 2.24) is 29.3 Å². The second-order valence-electron chi connectivity index (χ2n) is 5.86. The third-order valence-electron chi connectivity index (χ3n) is 4.18. The van der Waals surface area contributed by atoms with Gasteiger partial charge in [0.25, 0.3) is 0 Å². The molecule has 0 amide bonds. The molecule has 3 aromatic heterocycles. The average Bonchev–Trinajstić information content (AvgIpc) is 3.15.